The van der Waals surface area contributed by atoms with Crippen molar-refractivity contribution in [1.29, 1.82) is 0 Å². The van der Waals surface area contributed by atoms with E-state index in [0.29, 0.717) is 17.2 Å². The summed E-state index contributed by atoms with van der Waals surface area (Å²) in [6, 6.07) is 13.3. The standard InChI is InChI=1S/C24H31NO3/c1-16(2)15-24(5,18(4)19-11-13-20(27-6)14-12-19)25-23(26)21-9-8-10-22(28-7)17(21)3/h8-14,16H,4,15H2,1-3,5-7H3,(H,25,26). The van der Waals surface area contributed by atoms with Crippen molar-refractivity contribution >= 4 is 11.5 Å². The molecule has 28 heavy (non-hydrogen) atoms. The van der Waals surface area contributed by atoms with Gasteiger partial charge in [0.25, 0.3) is 5.91 Å². The molecule has 0 saturated heterocycles. The number of nitrogens with one attached hydrogen (secondary N) is 1. The van der Waals surface area contributed by atoms with Gasteiger partial charge >= 0.3 is 0 Å². The number of ether oxygens (including phenoxy) is 2. The predicted octanol–water partition coefficient (Wildman–Crippen LogP) is 5.26. The van der Waals surface area contributed by atoms with Gasteiger partial charge in [0.15, 0.2) is 0 Å². The van der Waals surface area contributed by atoms with Gasteiger partial charge in [0, 0.05) is 11.1 Å². The van der Waals surface area contributed by atoms with Crippen LogP contribution in [0.1, 0.15) is 48.7 Å². The minimum Gasteiger partial charge on any atom is -0.497 e. The minimum absolute atomic E-state index is 0.130. The summed E-state index contributed by atoms with van der Waals surface area (Å²) < 4.78 is 10.6. The molecule has 2 rings (SSSR count). The Kier molecular flexibility index (Phi) is 6.90. The second kappa shape index (κ2) is 8.96. The molecule has 1 unspecified atom stereocenters. The fourth-order valence-electron chi connectivity index (χ4n) is 3.58. The maximum Gasteiger partial charge on any atom is 0.252 e. The van der Waals surface area contributed by atoms with E-state index >= 15 is 0 Å². The van der Waals surface area contributed by atoms with Gasteiger partial charge in [0.2, 0.25) is 0 Å². The molecule has 1 atom stereocenters. The SMILES string of the molecule is C=C(c1ccc(OC)cc1)C(C)(CC(C)C)NC(=O)c1cccc(OC)c1C. The molecule has 1 N–H and O–H groups in total. The highest BCUT2D eigenvalue weighted by atomic mass is 16.5. The largest absolute Gasteiger partial charge is 0.497 e. The number of benzene rings is 2. The summed E-state index contributed by atoms with van der Waals surface area (Å²) >= 11 is 0. The minimum atomic E-state index is -0.588. The van der Waals surface area contributed by atoms with Gasteiger partial charge in [-0.25, -0.2) is 0 Å². The lowest BCUT2D eigenvalue weighted by molar-refractivity contribution is 0.0917. The van der Waals surface area contributed by atoms with Gasteiger partial charge in [0.1, 0.15) is 11.5 Å². The molecule has 0 aliphatic carbocycles. The van der Waals surface area contributed by atoms with Crippen LogP contribution in [-0.4, -0.2) is 25.7 Å². The van der Waals surface area contributed by atoms with Crippen LogP contribution in [0.5, 0.6) is 11.5 Å². The molecule has 150 valence electrons. The van der Waals surface area contributed by atoms with E-state index in [1.807, 2.05) is 56.3 Å². The Bertz CT molecular complexity index is 839. The van der Waals surface area contributed by atoms with Crippen LogP contribution in [0.25, 0.3) is 5.57 Å². The van der Waals surface area contributed by atoms with Crippen LogP contribution in [0.15, 0.2) is 49.0 Å². The van der Waals surface area contributed by atoms with Crippen molar-refractivity contribution in [2.75, 3.05) is 14.2 Å². The van der Waals surface area contributed by atoms with Crippen LogP contribution in [0.4, 0.5) is 0 Å². The van der Waals surface area contributed by atoms with Gasteiger partial charge in [0.05, 0.1) is 19.8 Å². The van der Waals surface area contributed by atoms with E-state index in [-0.39, 0.29) is 5.91 Å². The van der Waals surface area contributed by atoms with E-state index in [1.54, 1.807) is 14.2 Å². The average Bonchev–Trinajstić information content (AvgIpc) is 2.66. The summed E-state index contributed by atoms with van der Waals surface area (Å²) in [5.74, 6) is 1.74. The maximum absolute atomic E-state index is 13.1. The van der Waals surface area contributed by atoms with E-state index in [4.69, 9.17) is 9.47 Å². The van der Waals surface area contributed by atoms with Crippen molar-refractivity contribution in [3.8, 4) is 11.5 Å². The Morgan fingerprint density at radius 2 is 1.75 bits per heavy atom. The smallest absolute Gasteiger partial charge is 0.252 e. The number of hydrogen-bond donors (Lipinski definition) is 1. The molecular formula is C24H31NO3. The number of rotatable bonds is 8. The summed E-state index contributed by atoms with van der Waals surface area (Å²) in [6.07, 6.45) is 0.770. The molecule has 0 spiro atoms. The van der Waals surface area contributed by atoms with E-state index in [2.05, 4.69) is 25.7 Å². The van der Waals surface area contributed by atoms with Gasteiger partial charge in [-0.1, -0.05) is 38.6 Å². The van der Waals surface area contributed by atoms with Crippen molar-refractivity contribution < 1.29 is 14.3 Å². The van der Waals surface area contributed by atoms with Crippen molar-refractivity contribution in [2.45, 2.75) is 39.7 Å². The predicted molar refractivity (Wildman–Crippen MR) is 115 cm³/mol. The molecule has 0 aliphatic heterocycles. The molecule has 0 saturated carbocycles. The van der Waals surface area contributed by atoms with Crippen LogP contribution in [0, 0.1) is 12.8 Å². The van der Waals surface area contributed by atoms with Crippen molar-refractivity contribution in [1.82, 2.24) is 5.32 Å². The lowest BCUT2D eigenvalue weighted by Gasteiger charge is -2.35. The second-order valence-corrected chi connectivity index (χ2v) is 7.72. The third kappa shape index (κ3) is 4.75. The molecule has 0 heterocycles. The summed E-state index contributed by atoms with van der Waals surface area (Å²) in [5, 5.41) is 3.23. The Hall–Kier alpha value is -2.75. The van der Waals surface area contributed by atoms with E-state index in [9.17, 15) is 4.79 Å². The quantitative estimate of drug-likeness (QED) is 0.678. The third-order valence-corrected chi connectivity index (χ3v) is 5.06. The Morgan fingerprint density at radius 3 is 2.29 bits per heavy atom. The third-order valence-electron chi connectivity index (χ3n) is 5.06. The first-order valence-electron chi connectivity index (χ1n) is 9.51. The van der Waals surface area contributed by atoms with Gasteiger partial charge in [-0.2, -0.15) is 0 Å². The van der Waals surface area contributed by atoms with Crippen LogP contribution >= 0.6 is 0 Å². The van der Waals surface area contributed by atoms with Crippen molar-refractivity contribution in [3.05, 3.63) is 65.7 Å². The zero-order chi connectivity index (χ0) is 20.9. The van der Waals surface area contributed by atoms with Crippen LogP contribution in [0.2, 0.25) is 0 Å². The number of methoxy groups -OCH3 is 2. The highest BCUT2D eigenvalue weighted by Gasteiger charge is 2.32. The van der Waals surface area contributed by atoms with Crippen molar-refractivity contribution in [2.24, 2.45) is 5.92 Å². The van der Waals surface area contributed by atoms with Gasteiger partial charge in [-0.3, -0.25) is 4.79 Å². The monoisotopic (exact) mass is 381 g/mol. The van der Waals surface area contributed by atoms with Gasteiger partial charge in [-0.05, 0) is 61.6 Å². The zero-order valence-corrected chi connectivity index (χ0v) is 17.8. The Morgan fingerprint density at radius 1 is 1.11 bits per heavy atom. The second-order valence-electron chi connectivity index (χ2n) is 7.72. The molecule has 4 heteroatoms. The summed E-state index contributed by atoms with van der Waals surface area (Å²) in [5.41, 5.74) is 2.70. The molecule has 0 aliphatic rings. The molecule has 0 aromatic heterocycles. The van der Waals surface area contributed by atoms with Crippen molar-refractivity contribution in [3.63, 3.8) is 0 Å². The molecule has 1 amide bonds. The molecule has 0 bridgehead atoms. The van der Waals surface area contributed by atoms with E-state index < -0.39 is 5.54 Å². The average molecular weight is 382 g/mol. The topological polar surface area (TPSA) is 47.6 Å². The first-order valence-corrected chi connectivity index (χ1v) is 9.51. The fourth-order valence-corrected chi connectivity index (χ4v) is 3.58. The molecule has 2 aromatic carbocycles. The highest BCUT2D eigenvalue weighted by Crippen LogP contribution is 2.33. The number of carbonyl (C=O) groups excluding carboxylic acids is 1. The van der Waals surface area contributed by atoms with Crippen LogP contribution in [-0.2, 0) is 0 Å². The highest BCUT2D eigenvalue weighted by molar-refractivity contribution is 5.98. The van der Waals surface area contributed by atoms with E-state index in [1.165, 1.54) is 0 Å². The summed E-state index contributed by atoms with van der Waals surface area (Å²) in [7, 11) is 3.25. The lowest BCUT2D eigenvalue weighted by Crippen LogP contribution is -2.47. The van der Waals surface area contributed by atoms with Crippen LogP contribution < -0.4 is 14.8 Å². The Balaban J connectivity index is 2.36. The van der Waals surface area contributed by atoms with Gasteiger partial charge < -0.3 is 14.8 Å². The molecule has 4 nitrogen and oxygen atoms in total. The summed E-state index contributed by atoms with van der Waals surface area (Å²) in [6.45, 7) is 12.5. The molecular weight excluding hydrogens is 350 g/mol. The number of amides is 1. The lowest BCUT2D eigenvalue weighted by atomic mass is 9.80. The van der Waals surface area contributed by atoms with Crippen LogP contribution in [0.3, 0.4) is 0 Å². The Labute approximate surface area is 168 Å². The fraction of sp³-hybridized carbons (Fsp3) is 0.375. The number of hydrogen-bond acceptors (Lipinski definition) is 3. The summed E-state index contributed by atoms with van der Waals surface area (Å²) in [4.78, 5) is 13.1. The molecule has 0 fully saturated rings. The molecule has 0 radical (unpaired) electrons. The number of carbonyl (C=O) groups is 1. The first-order chi connectivity index (χ1) is 13.2. The normalized spacial score (nSPS) is 13.0. The van der Waals surface area contributed by atoms with Gasteiger partial charge in [-0.15, -0.1) is 0 Å². The van der Waals surface area contributed by atoms with E-state index in [0.717, 1.165) is 28.9 Å². The maximum atomic E-state index is 13.1. The molecule has 2 aromatic rings. The zero-order valence-electron chi connectivity index (χ0n) is 17.8. The first kappa shape index (κ1) is 21.5.